The van der Waals surface area contributed by atoms with E-state index in [9.17, 15) is 0 Å². The van der Waals surface area contributed by atoms with E-state index in [1.54, 1.807) is 0 Å². The molecule has 1 aromatic rings. The maximum Gasteiger partial charge on any atom is 0.123 e. The molecule has 4 nitrogen and oxygen atoms in total. The number of benzene rings is 1. The SMILES string of the molecule is CCCOc1cc(N)cc(N2CCCC2CCCO)c1. The van der Waals surface area contributed by atoms with Gasteiger partial charge >= 0.3 is 0 Å². The molecule has 0 amide bonds. The molecule has 1 unspecified atom stereocenters. The number of nitrogen functional groups attached to an aromatic ring is 1. The molecule has 1 aliphatic heterocycles. The second kappa shape index (κ2) is 7.39. The molecule has 20 heavy (non-hydrogen) atoms. The van der Waals surface area contributed by atoms with Gasteiger partial charge in [0.1, 0.15) is 5.75 Å². The van der Waals surface area contributed by atoms with Crippen molar-refractivity contribution in [1.29, 1.82) is 0 Å². The van der Waals surface area contributed by atoms with Crippen molar-refractivity contribution in [2.24, 2.45) is 0 Å². The van der Waals surface area contributed by atoms with Gasteiger partial charge in [0.15, 0.2) is 0 Å². The van der Waals surface area contributed by atoms with Crippen LogP contribution in [0.2, 0.25) is 0 Å². The quantitative estimate of drug-likeness (QED) is 0.753. The summed E-state index contributed by atoms with van der Waals surface area (Å²) in [6.07, 6.45) is 5.29. The number of rotatable bonds is 7. The van der Waals surface area contributed by atoms with Crippen LogP contribution in [0.1, 0.15) is 39.0 Å². The van der Waals surface area contributed by atoms with Crippen molar-refractivity contribution in [1.82, 2.24) is 0 Å². The number of anilines is 2. The Balaban J connectivity index is 2.11. The van der Waals surface area contributed by atoms with Gasteiger partial charge in [0.05, 0.1) is 6.61 Å². The van der Waals surface area contributed by atoms with Crippen molar-refractivity contribution >= 4 is 11.4 Å². The molecular formula is C16H26N2O2. The van der Waals surface area contributed by atoms with E-state index in [1.807, 2.05) is 12.1 Å². The summed E-state index contributed by atoms with van der Waals surface area (Å²) < 4.78 is 5.71. The molecule has 0 aliphatic carbocycles. The van der Waals surface area contributed by atoms with Crippen LogP contribution >= 0.6 is 0 Å². The molecule has 0 saturated carbocycles. The van der Waals surface area contributed by atoms with Gasteiger partial charge in [-0.15, -0.1) is 0 Å². The van der Waals surface area contributed by atoms with E-state index in [2.05, 4.69) is 17.9 Å². The van der Waals surface area contributed by atoms with Crippen LogP contribution < -0.4 is 15.4 Å². The summed E-state index contributed by atoms with van der Waals surface area (Å²) in [5.41, 5.74) is 7.90. The maximum atomic E-state index is 9.01. The highest BCUT2D eigenvalue weighted by Crippen LogP contribution is 2.32. The third kappa shape index (κ3) is 3.79. The van der Waals surface area contributed by atoms with Crippen molar-refractivity contribution in [3.63, 3.8) is 0 Å². The maximum absolute atomic E-state index is 9.01. The molecule has 0 spiro atoms. The molecule has 1 aromatic carbocycles. The molecule has 1 atom stereocenters. The first-order valence-electron chi connectivity index (χ1n) is 7.65. The Morgan fingerprint density at radius 1 is 1.40 bits per heavy atom. The summed E-state index contributed by atoms with van der Waals surface area (Å²) in [4.78, 5) is 2.41. The van der Waals surface area contributed by atoms with Crippen molar-refractivity contribution in [2.45, 2.75) is 45.1 Å². The Morgan fingerprint density at radius 3 is 3.00 bits per heavy atom. The van der Waals surface area contributed by atoms with Crippen molar-refractivity contribution in [3.05, 3.63) is 18.2 Å². The van der Waals surface area contributed by atoms with Crippen LogP contribution in [0.25, 0.3) is 0 Å². The molecule has 2 rings (SSSR count). The summed E-state index contributed by atoms with van der Waals surface area (Å²) in [5.74, 6) is 0.856. The fraction of sp³-hybridized carbons (Fsp3) is 0.625. The number of nitrogens with zero attached hydrogens (tertiary/aromatic N) is 1. The molecule has 4 heteroatoms. The van der Waals surface area contributed by atoms with Gasteiger partial charge in [-0.2, -0.15) is 0 Å². The van der Waals surface area contributed by atoms with Gasteiger partial charge in [-0.05, 0) is 38.2 Å². The smallest absolute Gasteiger partial charge is 0.123 e. The average molecular weight is 278 g/mol. The Bertz CT molecular complexity index is 423. The Hall–Kier alpha value is -1.42. The number of aliphatic hydroxyl groups is 1. The van der Waals surface area contributed by atoms with E-state index in [-0.39, 0.29) is 6.61 Å². The van der Waals surface area contributed by atoms with Gasteiger partial charge in [0, 0.05) is 42.7 Å². The molecule has 112 valence electrons. The molecule has 1 fully saturated rings. The minimum Gasteiger partial charge on any atom is -0.493 e. The van der Waals surface area contributed by atoms with E-state index >= 15 is 0 Å². The van der Waals surface area contributed by atoms with Gasteiger partial charge in [-0.25, -0.2) is 0 Å². The van der Waals surface area contributed by atoms with Crippen LogP contribution in [0.4, 0.5) is 11.4 Å². The van der Waals surface area contributed by atoms with E-state index in [0.29, 0.717) is 6.04 Å². The molecule has 1 saturated heterocycles. The molecule has 0 aromatic heterocycles. The Kier molecular flexibility index (Phi) is 5.53. The lowest BCUT2D eigenvalue weighted by Gasteiger charge is -2.27. The normalized spacial score (nSPS) is 18.5. The first-order valence-corrected chi connectivity index (χ1v) is 7.65. The number of hydrogen-bond acceptors (Lipinski definition) is 4. The lowest BCUT2D eigenvalue weighted by atomic mass is 10.1. The van der Waals surface area contributed by atoms with Crippen LogP contribution in [-0.4, -0.2) is 30.9 Å². The lowest BCUT2D eigenvalue weighted by molar-refractivity contribution is 0.279. The first-order chi connectivity index (χ1) is 9.74. The third-order valence-electron chi connectivity index (χ3n) is 3.79. The third-order valence-corrected chi connectivity index (χ3v) is 3.79. The van der Waals surface area contributed by atoms with Gasteiger partial charge in [-0.1, -0.05) is 6.92 Å². The zero-order valence-corrected chi connectivity index (χ0v) is 12.3. The van der Waals surface area contributed by atoms with E-state index < -0.39 is 0 Å². The minimum absolute atomic E-state index is 0.270. The Morgan fingerprint density at radius 2 is 2.25 bits per heavy atom. The zero-order valence-electron chi connectivity index (χ0n) is 12.3. The largest absolute Gasteiger partial charge is 0.493 e. The number of ether oxygens (including phenoxy) is 1. The molecule has 3 N–H and O–H groups in total. The predicted molar refractivity (Wildman–Crippen MR) is 83.3 cm³/mol. The molecule has 1 heterocycles. The average Bonchev–Trinajstić information content (AvgIpc) is 2.90. The fourth-order valence-corrected chi connectivity index (χ4v) is 2.88. The first kappa shape index (κ1) is 15.0. The topological polar surface area (TPSA) is 58.7 Å². The number of aliphatic hydroxyl groups excluding tert-OH is 1. The lowest BCUT2D eigenvalue weighted by Crippen LogP contribution is -2.29. The van der Waals surface area contributed by atoms with Crippen LogP contribution in [0, 0.1) is 0 Å². The summed E-state index contributed by atoms with van der Waals surface area (Å²) in [5, 5.41) is 9.01. The Labute approximate surface area is 121 Å². The van der Waals surface area contributed by atoms with Gasteiger partial charge in [-0.3, -0.25) is 0 Å². The predicted octanol–water partition coefficient (Wildman–Crippen LogP) is 2.80. The molecule has 0 radical (unpaired) electrons. The number of hydrogen-bond donors (Lipinski definition) is 2. The van der Waals surface area contributed by atoms with E-state index in [0.717, 1.165) is 49.5 Å². The van der Waals surface area contributed by atoms with E-state index in [1.165, 1.54) is 12.8 Å². The van der Waals surface area contributed by atoms with Crippen LogP contribution in [0.5, 0.6) is 5.75 Å². The zero-order chi connectivity index (χ0) is 14.4. The van der Waals surface area contributed by atoms with Crippen molar-refractivity contribution < 1.29 is 9.84 Å². The van der Waals surface area contributed by atoms with Gasteiger partial charge in [0.25, 0.3) is 0 Å². The van der Waals surface area contributed by atoms with Gasteiger partial charge in [0.2, 0.25) is 0 Å². The highest BCUT2D eigenvalue weighted by Gasteiger charge is 2.24. The van der Waals surface area contributed by atoms with E-state index in [4.69, 9.17) is 15.6 Å². The van der Waals surface area contributed by atoms with Crippen LogP contribution in [0.15, 0.2) is 18.2 Å². The standard InChI is InChI=1S/C16H26N2O2/c1-2-9-20-16-11-13(17)10-15(12-16)18-7-3-5-14(18)6-4-8-19/h10-12,14,19H,2-9,17H2,1H3. The summed E-state index contributed by atoms with van der Waals surface area (Å²) in [6, 6.07) is 6.51. The summed E-state index contributed by atoms with van der Waals surface area (Å²) in [7, 11) is 0. The second-order valence-corrected chi connectivity index (χ2v) is 5.46. The highest BCUT2D eigenvalue weighted by atomic mass is 16.5. The summed E-state index contributed by atoms with van der Waals surface area (Å²) in [6.45, 7) is 4.15. The molecule has 0 bridgehead atoms. The second-order valence-electron chi connectivity index (χ2n) is 5.46. The van der Waals surface area contributed by atoms with Crippen molar-refractivity contribution in [2.75, 3.05) is 30.4 Å². The van der Waals surface area contributed by atoms with Gasteiger partial charge < -0.3 is 20.5 Å². The molecular weight excluding hydrogens is 252 g/mol. The number of nitrogens with two attached hydrogens (primary N) is 1. The molecule has 1 aliphatic rings. The summed E-state index contributed by atoms with van der Waals surface area (Å²) >= 11 is 0. The van der Waals surface area contributed by atoms with Crippen LogP contribution in [-0.2, 0) is 0 Å². The fourth-order valence-electron chi connectivity index (χ4n) is 2.88. The minimum atomic E-state index is 0.270. The van der Waals surface area contributed by atoms with Crippen LogP contribution in [0.3, 0.4) is 0 Å². The highest BCUT2D eigenvalue weighted by molar-refractivity contribution is 5.61. The monoisotopic (exact) mass is 278 g/mol. The van der Waals surface area contributed by atoms with Crippen molar-refractivity contribution in [3.8, 4) is 5.75 Å².